The van der Waals surface area contributed by atoms with E-state index in [1.807, 2.05) is 12.1 Å². The minimum atomic E-state index is 0.318. The Morgan fingerprint density at radius 1 is 1.39 bits per heavy atom. The third-order valence-electron chi connectivity index (χ3n) is 3.44. The van der Waals surface area contributed by atoms with Crippen LogP contribution < -0.4 is 11.1 Å². The summed E-state index contributed by atoms with van der Waals surface area (Å²) in [6.45, 7) is 4.17. The molecule has 18 heavy (non-hydrogen) atoms. The van der Waals surface area contributed by atoms with E-state index >= 15 is 0 Å². The number of nitrogens with two attached hydrogens (primary N) is 1. The molecule has 1 fully saturated rings. The average molecular weight is 245 g/mol. The van der Waals surface area contributed by atoms with Crippen LogP contribution in [0.3, 0.4) is 0 Å². The number of nitrogens with one attached hydrogen (secondary N) is 1. The average Bonchev–Trinajstić information content (AvgIpc) is 2.70. The summed E-state index contributed by atoms with van der Waals surface area (Å²) in [6, 6.07) is 6.95. The molecule has 3 N–H and O–H groups in total. The van der Waals surface area contributed by atoms with Crippen LogP contribution in [0.4, 0.5) is 5.69 Å². The van der Waals surface area contributed by atoms with Crippen LogP contribution in [-0.4, -0.2) is 17.1 Å². The molecule has 1 saturated carbocycles. The summed E-state index contributed by atoms with van der Waals surface area (Å²) in [4.78, 5) is 4.51. The van der Waals surface area contributed by atoms with E-state index in [9.17, 15) is 0 Å². The van der Waals surface area contributed by atoms with Crippen LogP contribution in [0.15, 0.2) is 22.6 Å². The van der Waals surface area contributed by atoms with E-state index in [2.05, 4.69) is 30.2 Å². The molecule has 0 atom stereocenters. The summed E-state index contributed by atoms with van der Waals surface area (Å²) >= 11 is 0. The SMILES string of the molecule is CC(C)c1nc2cc(NC3CC(N)C3)ccc2o1. The van der Waals surface area contributed by atoms with E-state index in [1.54, 1.807) is 0 Å². The van der Waals surface area contributed by atoms with E-state index in [0.717, 1.165) is 35.5 Å². The van der Waals surface area contributed by atoms with E-state index in [1.165, 1.54) is 0 Å². The Kier molecular flexibility index (Phi) is 2.74. The smallest absolute Gasteiger partial charge is 0.198 e. The topological polar surface area (TPSA) is 64.1 Å². The molecule has 0 saturated heterocycles. The second-order valence-corrected chi connectivity index (χ2v) is 5.46. The summed E-state index contributed by atoms with van der Waals surface area (Å²) in [6.07, 6.45) is 2.10. The fourth-order valence-electron chi connectivity index (χ4n) is 2.30. The van der Waals surface area contributed by atoms with Gasteiger partial charge in [-0.25, -0.2) is 4.98 Å². The molecule has 1 aromatic carbocycles. The van der Waals surface area contributed by atoms with Gasteiger partial charge in [0, 0.05) is 23.7 Å². The first-order chi connectivity index (χ1) is 8.61. The van der Waals surface area contributed by atoms with Crippen molar-refractivity contribution in [3.05, 3.63) is 24.1 Å². The number of hydrogen-bond acceptors (Lipinski definition) is 4. The van der Waals surface area contributed by atoms with Gasteiger partial charge >= 0.3 is 0 Å². The molecule has 1 aliphatic carbocycles. The van der Waals surface area contributed by atoms with E-state index in [-0.39, 0.29) is 0 Å². The van der Waals surface area contributed by atoms with Crippen molar-refractivity contribution in [1.82, 2.24) is 4.98 Å². The molecular formula is C14H19N3O. The number of rotatable bonds is 3. The van der Waals surface area contributed by atoms with Crippen LogP contribution in [0.1, 0.15) is 38.5 Å². The summed E-state index contributed by atoms with van der Waals surface area (Å²) < 4.78 is 5.69. The van der Waals surface area contributed by atoms with Crippen LogP contribution in [-0.2, 0) is 0 Å². The summed E-state index contributed by atoms with van der Waals surface area (Å²) in [5.41, 5.74) is 8.66. The molecule has 4 nitrogen and oxygen atoms in total. The van der Waals surface area contributed by atoms with Crippen LogP contribution in [0, 0.1) is 0 Å². The van der Waals surface area contributed by atoms with Crippen LogP contribution in [0.25, 0.3) is 11.1 Å². The fraction of sp³-hybridized carbons (Fsp3) is 0.500. The van der Waals surface area contributed by atoms with Gasteiger partial charge in [-0.1, -0.05) is 13.8 Å². The molecule has 0 amide bonds. The third-order valence-corrected chi connectivity index (χ3v) is 3.44. The molecule has 96 valence electrons. The van der Waals surface area contributed by atoms with E-state index < -0.39 is 0 Å². The Morgan fingerprint density at radius 3 is 2.83 bits per heavy atom. The lowest BCUT2D eigenvalue weighted by Crippen LogP contribution is -2.44. The minimum Gasteiger partial charge on any atom is -0.440 e. The molecular weight excluding hydrogens is 226 g/mol. The number of oxazole rings is 1. The Balaban J connectivity index is 1.81. The highest BCUT2D eigenvalue weighted by Crippen LogP contribution is 2.26. The van der Waals surface area contributed by atoms with Crippen molar-refractivity contribution in [2.24, 2.45) is 5.73 Å². The third kappa shape index (κ3) is 2.08. The molecule has 1 aromatic heterocycles. The Morgan fingerprint density at radius 2 is 2.17 bits per heavy atom. The van der Waals surface area contributed by atoms with Crippen molar-refractivity contribution in [1.29, 1.82) is 0 Å². The molecule has 3 rings (SSSR count). The Hall–Kier alpha value is -1.55. The van der Waals surface area contributed by atoms with Gasteiger partial charge in [0.1, 0.15) is 5.52 Å². The summed E-state index contributed by atoms with van der Waals surface area (Å²) in [5.74, 6) is 1.12. The Labute approximate surface area is 107 Å². The van der Waals surface area contributed by atoms with Crippen LogP contribution >= 0.6 is 0 Å². The molecule has 0 spiro atoms. The lowest BCUT2D eigenvalue weighted by Gasteiger charge is -2.33. The van der Waals surface area contributed by atoms with Crippen molar-refractivity contribution in [3.63, 3.8) is 0 Å². The Bertz CT molecular complexity index is 555. The summed E-state index contributed by atoms with van der Waals surface area (Å²) in [7, 11) is 0. The summed E-state index contributed by atoms with van der Waals surface area (Å²) in [5, 5.41) is 3.48. The zero-order valence-electron chi connectivity index (χ0n) is 10.8. The van der Waals surface area contributed by atoms with Gasteiger partial charge < -0.3 is 15.5 Å². The number of nitrogens with zero attached hydrogens (tertiary/aromatic N) is 1. The lowest BCUT2D eigenvalue weighted by molar-refractivity contribution is 0.374. The highest BCUT2D eigenvalue weighted by Gasteiger charge is 2.25. The molecule has 4 heteroatoms. The minimum absolute atomic E-state index is 0.318. The normalized spacial score (nSPS) is 23.3. The molecule has 1 aliphatic rings. The van der Waals surface area contributed by atoms with Gasteiger partial charge in [-0.05, 0) is 31.0 Å². The van der Waals surface area contributed by atoms with Gasteiger partial charge in [-0.15, -0.1) is 0 Å². The van der Waals surface area contributed by atoms with Gasteiger partial charge in [0.2, 0.25) is 0 Å². The molecule has 0 radical (unpaired) electrons. The molecule has 2 aromatic rings. The van der Waals surface area contributed by atoms with E-state index in [0.29, 0.717) is 18.0 Å². The molecule has 0 unspecified atom stereocenters. The monoisotopic (exact) mass is 245 g/mol. The van der Waals surface area contributed by atoms with Gasteiger partial charge in [-0.3, -0.25) is 0 Å². The maximum atomic E-state index is 5.78. The second-order valence-electron chi connectivity index (χ2n) is 5.46. The molecule has 0 aliphatic heterocycles. The first-order valence-electron chi connectivity index (χ1n) is 6.54. The van der Waals surface area contributed by atoms with Gasteiger partial charge in [-0.2, -0.15) is 0 Å². The highest BCUT2D eigenvalue weighted by atomic mass is 16.3. The van der Waals surface area contributed by atoms with Crippen molar-refractivity contribution in [3.8, 4) is 0 Å². The number of fused-ring (bicyclic) bond motifs is 1. The van der Waals surface area contributed by atoms with Crippen LogP contribution in [0.2, 0.25) is 0 Å². The number of aromatic nitrogens is 1. The molecule has 0 bridgehead atoms. The lowest BCUT2D eigenvalue weighted by atomic mass is 9.87. The number of anilines is 1. The van der Waals surface area contributed by atoms with E-state index in [4.69, 9.17) is 10.2 Å². The van der Waals surface area contributed by atoms with Crippen molar-refractivity contribution in [2.45, 2.75) is 44.7 Å². The first-order valence-corrected chi connectivity index (χ1v) is 6.54. The predicted octanol–water partition coefficient (Wildman–Crippen LogP) is 2.85. The standard InChI is InChI=1S/C14H19N3O/c1-8(2)14-17-12-7-10(3-4-13(12)18-14)16-11-5-9(15)6-11/h3-4,7-9,11,16H,5-6,15H2,1-2H3. The number of hydrogen-bond donors (Lipinski definition) is 2. The largest absolute Gasteiger partial charge is 0.440 e. The predicted molar refractivity (Wildman–Crippen MR) is 72.7 cm³/mol. The second kappa shape index (κ2) is 4.28. The number of benzene rings is 1. The van der Waals surface area contributed by atoms with Crippen LogP contribution in [0.5, 0.6) is 0 Å². The van der Waals surface area contributed by atoms with Crippen molar-refractivity contribution in [2.75, 3.05) is 5.32 Å². The fourth-order valence-corrected chi connectivity index (χ4v) is 2.30. The zero-order valence-corrected chi connectivity index (χ0v) is 10.8. The first kappa shape index (κ1) is 11.5. The maximum absolute atomic E-state index is 5.78. The van der Waals surface area contributed by atoms with Gasteiger partial charge in [0.15, 0.2) is 11.5 Å². The molecule has 1 heterocycles. The van der Waals surface area contributed by atoms with Crippen molar-refractivity contribution < 1.29 is 4.42 Å². The highest BCUT2D eigenvalue weighted by molar-refractivity contribution is 5.77. The maximum Gasteiger partial charge on any atom is 0.198 e. The quantitative estimate of drug-likeness (QED) is 0.872. The zero-order chi connectivity index (χ0) is 12.7. The van der Waals surface area contributed by atoms with Gasteiger partial charge in [0.05, 0.1) is 0 Å². The van der Waals surface area contributed by atoms with Crippen molar-refractivity contribution >= 4 is 16.8 Å². The van der Waals surface area contributed by atoms with Gasteiger partial charge in [0.25, 0.3) is 0 Å².